The van der Waals surface area contributed by atoms with Crippen LogP contribution in [0, 0.1) is 5.92 Å². The van der Waals surface area contributed by atoms with Crippen molar-refractivity contribution >= 4 is 5.97 Å². The van der Waals surface area contributed by atoms with Crippen LogP contribution >= 0.6 is 0 Å². The first-order valence-corrected chi connectivity index (χ1v) is 8.92. The van der Waals surface area contributed by atoms with Gasteiger partial charge in [-0.2, -0.15) is 0 Å². The van der Waals surface area contributed by atoms with Gasteiger partial charge in [-0.15, -0.1) is 0 Å². The van der Waals surface area contributed by atoms with E-state index in [1.54, 1.807) is 6.08 Å². The number of hydrogen-bond acceptors (Lipinski definition) is 3. The summed E-state index contributed by atoms with van der Waals surface area (Å²) in [5.41, 5.74) is 3.62. The lowest BCUT2D eigenvalue weighted by Gasteiger charge is -2.38. The van der Waals surface area contributed by atoms with Gasteiger partial charge in [0.1, 0.15) is 0 Å². The van der Waals surface area contributed by atoms with Crippen LogP contribution in [0.15, 0.2) is 72.3 Å². The molecule has 3 nitrogen and oxygen atoms in total. The zero-order valence-electron chi connectivity index (χ0n) is 14.8. The molecule has 1 N–H and O–H groups in total. The van der Waals surface area contributed by atoms with E-state index in [9.17, 15) is 4.79 Å². The maximum Gasteiger partial charge on any atom is 0.330 e. The topological polar surface area (TPSA) is 38.3 Å². The van der Waals surface area contributed by atoms with Crippen molar-refractivity contribution < 1.29 is 9.53 Å². The van der Waals surface area contributed by atoms with Crippen LogP contribution in [-0.4, -0.2) is 12.6 Å². The van der Waals surface area contributed by atoms with Crippen LogP contribution in [-0.2, 0) is 9.53 Å². The Bertz CT molecular complexity index is 724. The number of nitrogens with one attached hydrogen (secondary N) is 1. The van der Waals surface area contributed by atoms with Crippen LogP contribution in [0.4, 0.5) is 0 Å². The Morgan fingerprint density at radius 3 is 2.28 bits per heavy atom. The van der Waals surface area contributed by atoms with Gasteiger partial charge >= 0.3 is 5.97 Å². The second-order valence-electron chi connectivity index (χ2n) is 6.48. The van der Waals surface area contributed by atoms with E-state index >= 15 is 0 Å². The molecule has 3 atom stereocenters. The van der Waals surface area contributed by atoms with Crippen LogP contribution in [0.2, 0.25) is 0 Å². The van der Waals surface area contributed by atoms with E-state index in [1.807, 2.05) is 19.1 Å². The lowest BCUT2D eigenvalue weighted by Crippen LogP contribution is -2.37. The fourth-order valence-electron chi connectivity index (χ4n) is 3.53. The third-order valence-electron chi connectivity index (χ3n) is 4.86. The third kappa shape index (κ3) is 4.18. The molecule has 3 heteroatoms. The van der Waals surface area contributed by atoms with Crippen molar-refractivity contribution in [3.8, 4) is 0 Å². The van der Waals surface area contributed by atoms with Gasteiger partial charge in [0, 0.05) is 18.2 Å². The van der Waals surface area contributed by atoms with Crippen molar-refractivity contribution in [1.82, 2.24) is 5.32 Å². The predicted molar refractivity (Wildman–Crippen MR) is 100.0 cm³/mol. The highest BCUT2D eigenvalue weighted by Crippen LogP contribution is 2.40. The number of esters is 1. The number of carbonyl (C=O) groups excluding carboxylic acids is 1. The first kappa shape index (κ1) is 17.4. The van der Waals surface area contributed by atoms with Crippen molar-refractivity contribution in [2.75, 3.05) is 6.61 Å². The maximum absolute atomic E-state index is 12.0. The molecule has 3 rings (SSSR count). The monoisotopic (exact) mass is 335 g/mol. The minimum absolute atomic E-state index is 0.167. The molecule has 1 aliphatic heterocycles. The zero-order valence-corrected chi connectivity index (χ0v) is 14.8. The van der Waals surface area contributed by atoms with Gasteiger partial charge in [-0.1, -0.05) is 73.2 Å². The van der Waals surface area contributed by atoms with Gasteiger partial charge in [-0.05, 0) is 30.4 Å². The molecule has 0 saturated carbocycles. The zero-order chi connectivity index (χ0) is 17.6. The summed E-state index contributed by atoms with van der Waals surface area (Å²) in [5, 5.41) is 3.78. The molecule has 0 amide bonds. The van der Waals surface area contributed by atoms with Gasteiger partial charge in [-0.3, -0.25) is 0 Å². The number of carbonyl (C=O) groups is 1. The summed E-state index contributed by atoms with van der Waals surface area (Å²) in [6, 6.07) is 21.2. The Morgan fingerprint density at radius 2 is 1.68 bits per heavy atom. The lowest BCUT2D eigenvalue weighted by atomic mass is 9.79. The standard InChI is InChI=1S/C22H25NO2/c1-3-25-21(24)15-19-14-20(17-10-6-4-7-11-17)23-22(16(19)2)18-12-8-5-9-13-18/h4-13,15-16,20,22-23H,3,14H2,1-2H3/b19-15-/t16-,20+,22-/m1/s1. The van der Waals surface area contributed by atoms with E-state index in [2.05, 4.69) is 60.8 Å². The molecule has 0 spiro atoms. The summed E-state index contributed by atoms with van der Waals surface area (Å²) < 4.78 is 5.14. The molecule has 0 radical (unpaired) electrons. The molecule has 0 aromatic heterocycles. The third-order valence-corrected chi connectivity index (χ3v) is 4.86. The average molecular weight is 335 g/mol. The second-order valence-corrected chi connectivity index (χ2v) is 6.48. The summed E-state index contributed by atoms with van der Waals surface area (Å²) in [7, 11) is 0. The molecule has 0 unspecified atom stereocenters. The minimum atomic E-state index is -0.245. The average Bonchev–Trinajstić information content (AvgIpc) is 2.65. The fraction of sp³-hybridized carbons (Fsp3) is 0.318. The van der Waals surface area contributed by atoms with Gasteiger partial charge in [0.2, 0.25) is 0 Å². The highest BCUT2D eigenvalue weighted by molar-refractivity contribution is 5.83. The maximum atomic E-state index is 12.0. The Kier molecular flexibility index (Phi) is 5.67. The van der Waals surface area contributed by atoms with Crippen LogP contribution in [0.3, 0.4) is 0 Å². The summed E-state index contributed by atoms with van der Waals surface area (Å²) in [5.74, 6) is -0.0170. The van der Waals surface area contributed by atoms with E-state index in [0.717, 1.165) is 12.0 Å². The predicted octanol–water partition coefficient (Wildman–Crippen LogP) is 4.59. The van der Waals surface area contributed by atoms with Gasteiger partial charge in [0.05, 0.1) is 6.61 Å². The fourth-order valence-corrected chi connectivity index (χ4v) is 3.53. The summed E-state index contributed by atoms with van der Waals surface area (Å²) in [4.78, 5) is 12.0. The summed E-state index contributed by atoms with van der Waals surface area (Å²) in [6.45, 7) is 4.41. The minimum Gasteiger partial charge on any atom is -0.463 e. The van der Waals surface area contributed by atoms with Crippen LogP contribution in [0.5, 0.6) is 0 Å². The van der Waals surface area contributed by atoms with E-state index in [-0.39, 0.29) is 24.0 Å². The Morgan fingerprint density at radius 1 is 1.08 bits per heavy atom. The summed E-state index contributed by atoms with van der Waals surface area (Å²) in [6.07, 6.45) is 2.51. The van der Waals surface area contributed by atoms with Crippen molar-refractivity contribution in [1.29, 1.82) is 0 Å². The number of piperidine rings is 1. The lowest BCUT2D eigenvalue weighted by molar-refractivity contribution is -0.137. The first-order valence-electron chi connectivity index (χ1n) is 8.92. The molecule has 0 aliphatic carbocycles. The van der Waals surface area contributed by atoms with Crippen molar-refractivity contribution in [3.63, 3.8) is 0 Å². The molecule has 25 heavy (non-hydrogen) atoms. The van der Waals surface area contributed by atoms with Crippen molar-refractivity contribution in [2.45, 2.75) is 32.4 Å². The van der Waals surface area contributed by atoms with Gasteiger partial charge in [0.15, 0.2) is 0 Å². The van der Waals surface area contributed by atoms with Gasteiger partial charge in [0.25, 0.3) is 0 Å². The molecule has 0 bridgehead atoms. The SMILES string of the molecule is CCOC(=O)/C=C1/C[C@@H](c2ccccc2)N[C@@H](c2ccccc2)[C@@H]1C. The molecule has 1 fully saturated rings. The van der Waals surface area contributed by atoms with Gasteiger partial charge in [-0.25, -0.2) is 4.79 Å². The molecule has 130 valence electrons. The Hall–Kier alpha value is -2.39. The van der Waals surface area contributed by atoms with E-state index in [4.69, 9.17) is 4.74 Å². The summed E-state index contributed by atoms with van der Waals surface area (Å²) >= 11 is 0. The Labute approximate surface area is 149 Å². The van der Waals surface area contributed by atoms with Crippen LogP contribution < -0.4 is 5.32 Å². The van der Waals surface area contributed by atoms with Crippen LogP contribution in [0.25, 0.3) is 0 Å². The highest BCUT2D eigenvalue weighted by atomic mass is 16.5. The normalized spacial score (nSPS) is 24.9. The van der Waals surface area contributed by atoms with Gasteiger partial charge < -0.3 is 10.1 Å². The molecule has 1 heterocycles. The quantitative estimate of drug-likeness (QED) is 0.656. The van der Waals surface area contributed by atoms with E-state index < -0.39 is 0 Å². The molecule has 1 saturated heterocycles. The van der Waals surface area contributed by atoms with Crippen molar-refractivity contribution in [3.05, 3.63) is 83.4 Å². The Balaban J connectivity index is 1.94. The molecular weight excluding hydrogens is 310 g/mol. The molecule has 2 aromatic rings. The number of benzene rings is 2. The van der Waals surface area contributed by atoms with Crippen LogP contribution in [0.1, 0.15) is 43.5 Å². The van der Waals surface area contributed by atoms with Crippen molar-refractivity contribution in [2.24, 2.45) is 5.92 Å². The number of ether oxygens (including phenoxy) is 1. The molecular formula is C22H25NO2. The number of hydrogen-bond donors (Lipinski definition) is 1. The van der Waals surface area contributed by atoms with E-state index in [0.29, 0.717) is 6.61 Å². The molecule has 2 aromatic carbocycles. The largest absolute Gasteiger partial charge is 0.463 e. The highest BCUT2D eigenvalue weighted by Gasteiger charge is 2.32. The smallest absolute Gasteiger partial charge is 0.330 e. The number of rotatable bonds is 4. The molecule has 1 aliphatic rings. The second kappa shape index (κ2) is 8.13. The first-order chi connectivity index (χ1) is 12.2. The van der Waals surface area contributed by atoms with E-state index in [1.165, 1.54) is 11.1 Å².